The van der Waals surface area contributed by atoms with Gasteiger partial charge in [0.05, 0.1) is 13.2 Å². The summed E-state index contributed by atoms with van der Waals surface area (Å²) in [5.41, 5.74) is 5.33. The SMILES string of the molecule is CONCc1ccc(C2CCCO2)cc1. The Labute approximate surface area is 90.3 Å². The van der Waals surface area contributed by atoms with E-state index in [0.717, 1.165) is 19.6 Å². The van der Waals surface area contributed by atoms with Crippen molar-refractivity contribution in [2.45, 2.75) is 25.5 Å². The van der Waals surface area contributed by atoms with Gasteiger partial charge >= 0.3 is 0 Å². The summed E-state index contributed by atoms with van der Waals surface area (Å²) in [6.45, 7) is 1.64. The second-order valence-corrected chi connectivity index (χ2v) is 3.77. The first-order valence-corrected chi connectivity index (χ1v) is 5.36. The third-order valence-corrected chi connectivity index (χ3v) is 2.70. The molecule has 1 fully saturated rings. The van der Waals surface area contributed by atoms with E-state index < -0.39 is 0 Å². The minimum absolute atomic E-state index is 0.314. The standard InChI is InChI=1S/C12H17NO2/c1-14-13-9-10-4-6-11(7-5-10)12-3-2-8-15-12/h4-7,12-13H,2-3,8-9H2,1H3. The van der Waals surface area contributed by atoms with Crippen LogP contribution in [0.2, 0.25) is 0 Å². The lowest BCUT2D eigenvalue weighted by atomic mass is 10.0. The molecule has 1 saturated heterocycles. The molecule has 1 aliphatic heterocycles. The van der Waals surface area contributed by atoms with Crippen LogP contribution in [-0.2, 0) is 16.1 Å². The Balaban J connectivity index is 1.96. The molecule has 0 saturated carbocycles. The summed E-state index contributed by atoms with van der Waals surface area (Å²) in [4.78, 5) is 4.80. The maximum absolute atomic E-state index is 5.62. The average Bonchev–Trinajstić information content (AvgIpc) is 2.80. The first kappa shape index (κ1) is 10.6. The van der Waals surface area contributed by atoms with Crippen molar-refractivity contribution in [2.24, 2.45) is 0 Å². The number of hydrogen-bond donors (Lipinski definition) is 1. The Bertz CT molecular complexity index is 291. The predicted molar refractivity (Wildman–Crippen MR) is 58.2 cm³/mol. The van der Waals surface area contributed by atoms with Gasteiger partial charge in [0.1, 0.15) is 0 Å². The van der Waals surface area contributed by atoms with Crippen LogP contribution in [0.1, 0.15) is 30.1 Å². The average molecular weight is 207 g/mol. The summed E-state index contributed by atoms with van der Waals surface area (Å²) in [6, 6.07) is 8.51. The molecule has 1 aromatic rings. The molecule has 15 heavy (non-hydrogen) atoms. The first-order chi connectivity index (χ1) is 7.40. The number of nitrogens with one attached hydrogen (secondary N) is 1. The van der Waals surface area contributed by atoms with E-state index in [1.54, 1.807) is 7.11 Å². The van der Waals surface area contributed by atoms with Gasteiger partial charge in [0, 0.05) is 13.2 Å². The van der Waals surface area contributed by atoms with E-state index in [0.29, 0.717) is 6.10 Å². The maximum atomic E-state index is 5.62. The zero-order valence-electron chi connectivity index (χ0n) is 9.03. The van der Waals surface area contributed by atoms with E-state index in [1.807, 2.05) is 0 Å². The predicted octanol–water partition coefficient (Wildman–Crippen LogP) is 2.19. The highest BCUT2D eigenvalue weighted by atomic mass is 16.6. The van der Waals surface area contributed by atoms with E-state index in [1.165, 1.54) is 17.5 Å². The van der Waals surface area contributed by atoms with E-state index in [4.69, 9.17) is 9.57 Å². The number of hydroxylamine groups is 1. The molecule has 0 aliphatic carbocycles. The van der Waals surface area contributed by atoms with Crippen molar-refractivity contribution in [3.8, 4) is 0 Å². The van der Waals surface area contributed by atoms with Crippen LogP contribution < -0.4 is 5.48 Å². The molecule has 1 unspecified atom stereocenters. The topological polar surface area (TPSA) is 30.5 Å². The molecule has 3 heteroatoms. The largest absolute Gasteiger partial charge is 0.374 e. The van der Waals surface area contributed by atoms with E-state index >= 15 is 0 Å². The fourth-order valence-corrected chi connectivity index (χ4v) is 1.85. The van der Waals surface area contributed by atoms with E-state index in [2.05, 4.69) is 29.7 Å². The molecule has 82 valence electrons. The molecule has 1 aliphatic rings. The van der Waals surface area contributed by atoms with Crippen LogP contribution in [0.25, 0.3) is 0 Å². The van der Waals surface area contributed by atoms with Crippen molar-refractivity contribution in [1.29, 1.82) is 0 Å². The van der Waals surface area contributed by atoms with Gasteiger partial charge in [0.15, 0.2) is 0 Å². The molecule has 0 bridgehead atoms. The van der Waals surface area contributed by atoms with E-state index in [9.17, 15) is 0 Å². The summed E-state index contributed by atoms with van der Waals surface area (Å²) < 4.78 is 5.62. The van der Waals surface area contributed by atoms with E-state index in [-0.39, 0.29) is 0 Å². The van der Waals surface area contributed by atoms with Gasteiger partial charge in [-0.3, -0.25) is 0 Å². The number of ether oxygens (including phenoxy) is 1. The molecule has 1 aromatic carbocycles. The second-order valence-electron chi connectivity index (χ2n) is 3.77. The Hall–Kier alpha value is -0.900. The van der Waals surface area contributed by atoms with Gasteiger partial charge < -0.3 is 9.57 Å². The Morgan fingerprint density at radius 2 is 2.20 bits per heavy atom. The fraction of sp³-hybridized carbons (Fsp3) is 0.500. The van der Waals surface area contributed by atoms with Crippen LogP contribution in [0.4, 0.5) is 0 Å². The lowest BCUT2D eigenvalue weighted by Gasteiger charge is -2.10. The van der Waals surface area contributed by atoms with Crippen molar-refractivity contribution >= 4 is 0 Å². The summed E-state index contributed by atoms with van der Waals surface area (Å²) in [5.74, 6) is 0. The second kappa shape index (κ2) is 5.26. The molecular formula is C12H17NO2. The Kier molecular flexibility index (Phi) is 3.72. The fourth-order valence-electron chi connectivity index (χ4n) is 1.85. The zero-order valence-corrected chi connectivity index (χ0v) is 9.03. The molecule has 2 rings (SSSR count). The van der Waals surface area contributed by atoms with Gasteiger partial charge in [-0.15, -0.1) is 0 Å². The summed E-state index contributed by atoms with van der Waals surface area (Å²) in [5, 5.41) is 0. The van der Waals surface area contributed by atoms with Gasteiger partial charge in [-0.1, -0.05) is 24.3 Å². The molecule has 1 heterocycles. The molecular weight excluding hydrogens is 190 g/mol. The number of hydrogen-bond acceptors (Lipinski definition) is 3. The highest BCUT2D eigenvalue weighted by molar-refractivity contribution is 5.24. The third kappa shape index (κ3) is 2.78. The monoisotopic (exact) mass is 207 g/mol. The quantitative estimate of drug-likeness (QED) is 0.768. The van der Waals surface area contributed by atoms with Crippen molar-refractivity contribution in [3.63, 3.8) is 0 Å². The van der Waals surface area contributed by atoms with Crippen LogP contribution >= 0.6 is 0 Å². The Morgan fingerprint density at radius 3 is 2.80 bits per heavy atom. The van der Waals surface area contributed by atoms with Gasteiger partial charge in [0.2, 0.25) is 0 Å². The van der Waals surface area contributed by atoms with Crippen molar-refractivity contribution in [1.82, 2.24) is 5.48 Å². The van der Waals surface area contributed by atoms with Crippen LogP contribution in [0, 0.1) is 0 Å². The third-order valence-electron chi connectivity index (χ3n) is 2.70. The molecule has 0 radical (unpaired) electrons. The van der Waals surface area contributed by atoms with Crippen LogP contribution in [0.15, 0.2) is 24.3 Å². The van der Waals surface area contributed by atoms with Crippen LogP contribution in [0.3, 0.4) is 0 Å². The Morgan fingerprint density at radius 1 is 1.40 bits per heavy atom. The normalized spacial score (nSPS) is 20.7. The molecule has 0 amide bonds. The molecule has 3 nitrogen and oxygen atoms in total. The van der Waals surface area contributed by atoms with Crippen LogP contribution in [-0.4, -0.2) is 13.7 Å². The van der Waals surface area contributed by atoms with Crippen molar-refractivity contribution in [3.05, 3.63) is 35.4 Å². The minimum Gasteiger partial charge on any atom is -0.374 e. The van der Waals surface area contributed by atoms with Gasteiger partial charge in [-0.2, -0.15) is 5.48 Å². The highest BCUT2D eigenvalue weighted by Gasteiger charge is 2.16. The number of benzene rings is 1. The smallest absolute Gasteiger partial charge is 0.0825 e. The minimum atomic E-state index is 0.314. The summed E-state index contributed by atoms with van der Waals surface area (Å²) >= 11 is 0. The van der Waals surface area contributed by atoms with Crippen LogP contribution in [0.5, 0.6) is 0 Å². The number of rotatable bonds is 4. The zero-order chi connectivity index (χ0) is 10.5. The maximum Gasteiger partial charge on any atom is 0.0825 e. The highest BCUT2D eigenvalue weighted by Crippen LogP contribution is 2.28. The van der Waals surface area contributed by atoms with Gasteiger partial charge in [0.25, 0.3) is 0 Å². The summed E-state index contributed by atoms with van der Waals surface area (Å²) in [7, 11) is 1.63. The molecule has 0 aromatic heterocycles. The van der Waals surface area contributed by atoms with Gasteiger partial charge in [-0.25, -0.2) is 0 Å². The molecule has 1 atom stereocenters. The van der Waals surface area contributed by atoms with Crippen molar-refractivity contribution < 1.29 is 9.57 Å². The van der Waals surface area contributed by atoms with Crippen molar-refractivity contribution in [2.75, 3.05) is 13.7 Å². The molecule has 0 spiro atoms. The lowest BCUT2D eigenvalue weighted by molar-refractivity contribution is 0.0866. The van der Waals surface area contributed by atoms with Gasteiger partial charge in [-0.05, 0) is 24.0 Å². The molecule has 1 N–H and O–H groups in total. The first-order valence-electron chi connectivity index (χ1n) is 5.36. The summed E-state index contributed by atoms with van der Waals surface area (Å²) in [6.07, 6.45) is 2.64. The lowest BCUT2D eigenvalue weighted by Crippen LogP contribution is -2.10.